The molecule has 0 aromatic heterocycles. The van der Waals surface area contributed by atoms with Gasteiger partial charge in [0.1, 0.15) is 5.75 Å². The van der Waals surface area contributed by atoms with Crippen molar-refractivity contribution in [1.82, 2.24) is 0 Å². The van der Waals surface area contributed by atoms with E-state index < -0.39 is 76.9 Å². The molecular formula is C20H15F17O3. The summed E-state index contributed by atoms with van der Waals surface area (Å²) >= 11 is 0. The van der Waals surface area contributed by atoms with Crippen molar-refractivity contribution in [3.8, 4) is 5.75 Å². The zero-order valence-electron chi connectivity index (χ0n) is 19.7. The second-order valence-electron chi connectivity index (χ2n) is 8.35. The van der Waals surface area contributed by atoms with Crippen molar-refractivity contribution in [2.45, 2.75) is 73.5 Å². The van der Waals surface area contributed by atoms with Crippen LogP contribution in [0.3, 0.4) is 0 Å². The number of esters is 1. The highest BCUT2D eigenvalue weighted by atomic mass is 19.4. The number of ether oxygens (including phenoxy) is 2. The van der Waals surface area contributed by atoms with E-state index in [4.69, 9.17) is 0 Å². The highest BCUT2D eigenvalue weighted by Gasteiger charge is 2.95. The van der Waals surface area contributed by atoms with Crippen LogP contribution in [0, 0.1) is 0 Å². The fourth-order valence-electron chi connectivity index (χ4n) is 3.16. The molecule has 0 aliphatic carbocycles. The van der Waals surface area contributed by atoms with Gasteiger partial charge in [-0.05, 0) is 13.0 Å². The first-order chi connectivity index (χ1) is 17.4. The highest BCUT2D eigenvalue weighted by Crippen LogP contribution is 2.64. The van der Waals surface area contributed by atoms with E-state index in [1.807, 2.05) is 0 Å². The van der Waals surface area contributed by atoms with Crippen molar-refractivity contribution in [2.24, 2.45) is 0 Å². The van der Waals surface area contributed by atoms with Crippen LogP contribution in [0.1, 0.15) is 25.8 Å². The lowest BCUT2D eigenvalue weighted by Gasteiger charge is -2.44. The smallest absolute Gasteiger partial charge is 0.426 e. The van der Waals surface area contributed by atoms with Crippen molar-refractivity contribution in [1.29, 1.82) is 0 Å². The molecule has 0 bridgehead atoms. The topological polar surface area (TPSA) is 35.5 Å². The number of hydrogen-bond acceptors (Lipinski definition) is 3. The van der Waals surface area contributed by atoms with Gasteiger partial charge in [-0.2, -0.15) is 74.6 Å². The van der Waals surface area contributed by atoms with E-state index >= 15 is 0 Å². The van der Waals surface area contributed by atoms with Crippen LogP contribution in [0.5, 0.6) is 5.75 Å². The maximum absolute atomic E-state index is 14.6. The molecule has 0 fully saturated rings. The molecule has 1 aromatic rings. The van der Waals surface area contributed by atoms with E-state index in [0.29, 0.717) is 20.1 Å². The van der Waals surface area contributed by atoms with Crippen LogP contribution < -0.4 is 4.74 Å². The molecular weight excluding hydrogens is 611 g/mol. The summed E-state index contributed by atoms with van der Waals surface area (Å²) in [5.41, 5.74) is -3.89. The first-order valence-electron chi connectivity index (χ1n) is 9.97. The highest BCUT2D eigenvalue weighted by molar-refractivity contribution is 5.70. The summed E-state index contributed by atoms with van der Waals surface area (Å²) in [6.45, 7) is 1.13. The van der Waals surface area contributed by atoms with Gasteiger partial charge in [-0.3, -0.25) is 4.79 Å². The fourth-order valence-corrected chi connectivity index (χ4v) is 3.16. The number of carbonyl (C=O) groups is 1. The molecule has 0 saturated heterocycles. The third-order valence-electron chi connectivity index (χ3n) is 5.51. The van der Waals surface area contributed by atoms with E-state index in [-0.39, 0.29) is 0 Å². The van der Waals surface area contributed by atoms with Crippen LogP contribution in [0.25, 0.3) is 0 Å². The Morgan fingerprint density at radius 3 is 1.40 bits per heavy atom. The van der Waals surface area contributed by atoms with Crippen molar-refractivity contribution >= 4 is 5.97 Å². The Bertz CT molecular complexity index is 1080. The maximum atomic E-state index is 14.6. The summed E-state index contributed by atoms with van der Waals surface area (Å²) in [4.78, 5) is 11.2. The molecule has 0 amide bonds. The quantitative estimate of drug-likeness (QED) is 0.143. The van der Waals surface area contributed by atoms with Crippen LogP contribution in [0.15, 0.2) is 24.3 Å². The summed E-state index contributed by atoms with van der Waals surface area (Å²) in [5.74, 6) is -59.1. The molecule has 3 nitrogen and oxygen atoms in total. The van der Waals surface area contributed by atoms with E-state index in [9.17, 15) is 79.4 Å². The van der Waals surface area contributed by atoms with E-state index in [0.717, 1.165) is 25.1 Å². The summed E-state index contributed by atoms with van der Waals surface area (Å²) < 4.78 is 239. The second-order valence-corrected chi connectivity index (χ2v) is 8.35. The number of benzene rings is 1. The van der Waals surface area contributed by atoms with Gasteiger partial charge in [-0.25, -0.2) is 0 Å². The average Bonchev–Trinajstić information content (AvgIpc) is 2.77. The van der Waals surface area contributed by atoms with Gasteiger partial charge in [-0.1, -0.05) is 18.2 Å². The second kappa shape index (κ2) is 10.1. The van der Waals surface area contributed by atoms with E-state index in [1.54, 1.807) is 0 Å². The predicted octanol–water partition coefficient (Wildman–Crippen LogP) is 7.87. The lowest BCUT2D eigenvalue weighted by molar-refractivity contribution is -0.462. The number of halogens is 17. The van der Waals surface area contributed by atoms with Crippen LogP contribution in [0.4, 0.5) is 74.6 Å². The Morgan fingerprint density at radius 2 is 1.02 bits per heavy atom. The molecule has 0 aliphatic rings. The molecule has 1 unspecified atom stereocenters. The number of para-hydroxylation sites is 1. The maximum Gasteiger partial charge on any atom is 0.460 e. The van der Waals surface area contributed by atoms with Crippen molar-refractivity contribution in [3.63, 3.8) is 0 Å². The standard InChI is InChI=1S/C20H15F17O3/c1-9(38)40-11-7-5-4-6-10(11)12(2,39-3)8-13(21,22)14(23,24)15(25,26)16(27,28)17(29,30)18(31,32)19(33,34)20(35,36)37/h4-7H,8H2,1-3H3. The van der Waals surface area contributed by atoms with Crippen molar-refractivity contribution in [3.05, 3.63) is 29.8 Å². The molecule has 1 atom stereocenters. The first kappa shape index (κ1) is 35.5. The lowest BCUT2D eigenvalue weighted by Crippen LogP contribution is -2.74. The first-order valence-corrected chi connectivity index (χ1v) is 9.97. The zero-order valence-corrected chi connectivity index (χ0v) is 19.7. The number of methoxy groups -OCH3 is 1. The third kappa shape index (κ3) is 5.15. The molecule has 1 rings (SSSR count). The van der Waals surface area contributed by atoms with Gasteiger partial charge in [0, 0.05) is 19.6 Å². The Hall–Kier alpha value is -2.54. The molecule has 232 valence electrons. The third-order valence-corrected chi connectivity index (χ3v) is 5.51. The largest absolute Gasteiger partial charge is 0.460 e. The predicted molar refractivity (Wildman–Crippen MR) is 97.4 cm³/mol. The molecule has 20 heteroatoms. The molecule has 0 radical (unpaired) electrons. The Morgan fingerprint density at radius 1 is 0.650 bits per heavy atom. The van der Waals surface area contributed by atoms with Crippen molar-refractivity contribution < 1.29 is 88.9 Å². The minimum Gasteiger partial charge on any atom is -0.426 e. The van der Waals surface area contributed by atoms with E-state index in [2.05, 4.69) is 9.47 Å². The van der Waals surface area contributed by atoms with Gasteiger partial charge in [0.2, 0.25) is 0 Å². The Kier molecular flexibility index (Phi) is 8.94. The van der Waals surface area contributed by atoms with Gasteiger partial charge in [0.05, 0.1) is 12.0 Å². The lowest BCUT2D eigenvalue weighted by atomic mass is 9.83. The van der Waals surface area contributed by atoms with Crippen LogP contribution in [-0.2, 0) is 15.1 Å². The van der Waals surface area contributed by atoms with Crippen molar-refractivity contribution in [2.75, 3.05) is 7.11 Å². The minimum atomic E-state index is -8.71. The number of rotatable bonds is 11. The normalized spacial score (nSPS) is 16.5. The molecule has 0 saturated carbocycles. The number of hydrogen-bond donors (Lipinski definition) is 0. The number of alkyl halides is 17. The number of carbonyl (C=O) groups excluding carboxylic acids is 1. The summed E-state index contributed by atoms with van der Waals surface area (Å²) in [6, 6.07) is 3.52. The summed E-state index contributed by atoms with van der Waals surface area (Å²) in [5, 5.41) is 0. The molecule has 0 N–H and O–H groups in total. The fraction of sp³-hybridized carbons (Fsp3) is 0.650. The van der Waals surface area contributed by atoms with Gasteiger partial charge in [0.25, 0.3) is 0 Å². The molecule has 1 aromatic carbocycles. The van der Waals surface area contributed by atoms with Crippen LogP contribution >= 0.6 is 0 Å². The monoisotopic (exact) mass is 626 g/mol. The van der Waals surface area contributed by atoms with Gasteiger partial charge in [-0.15, -0.1) is 0 Å². The SMILES string of the molecule is COC(C)(CC(F)(F)C(F)(F)C(F)(F)C(F)(F)C(F)(F)C(F)(F)C(F)(F)C(F)(F)F)c1ccccc1OC(C)=O. The molecule has 0 aliphatic heterocycles. The molecule has 0 spiro atoms. The van der Waals surface area contributed by atoms with Crippen LogP contribution in [-0.4, -0.2) is 60.7 Å². The molecule has 40 heavy (non-hydrogen) atoms. The zero-order chi connectivity index (χ0) is 32.2. The van der Waals surface area contributed by atoms with Crippen LogP contribution in [0.2, 0.25) is 0 Å². The average molecular weight is 626 g/mol. The Labute approximate surface area is 212 Å². The van der Waals surface area contributed by atoms with Gasteiger partial charge >= 0.3 is 53.6 Å². The molecule has 0 heterocycles. The summed E-state index contributed by atoms with van der Waals surface area (Å²) in [6.07, 6.45) is -10.7. The van der Waals surface area contributed by atoms with Gasteiger partial charge in [0.15, 0.2) is 0 Å². The Balaban J connectivity index is 3.72. The summed E-state index contributed by atoms with van der Waals surface area (Å²) in [7, 11) is 0.444. The van der Waals surface area contributed by atoms with Gasteiger partial charge < -0.3 is 9.47 Å². The minimum absolute atomic E-state index is 0.391. The van der Waals surface area contributed by atoms with E-state index in [1.165, 1.54) is 0 Å².